The molecule has 4 rings (SSSR count). The molecule has 1 fully saturated rings. The van der Waals surface area contributed by atoms with Crippen LogP contribution in [0, 0.1) is 0 Å². The molecule has 0 saturated carbocycles. The van der Waals surface area contributed by atoms with Crippen molar-refractivity contribution in [2.45, 2.75) is 38.5 Å². The zero-order chi connectivity index (χ0) is 17.9. The van der Waals surface area contributed by atoms with Crippen LogP contribution in [0.15, 0.2) is 28.8 Å². The number of piperidine rings is 1. The van der Waals surface area contributed by atoms with Gasteiger partial charge in [0.05, 0.1) is 25.3 Å². The third-order valence-electron chi connectivity index (χ3n) is 4.82. The molecule has 3 heterocycles. The molecule has 8 heteroatoms. The van der Waals surface area contributed by atoms with Gasteiger partial charge in [0.15, 0.2) is 11.9 Å². The zero-order valence-corrected chi connectivity index (χ0v) is 14.6. The van der Waals surface area contributed by atoms with Gasteiger partial charge in [0.25, 0.3) is 5.91 Å². The van der Waals surface area contributed by atoms with Crippen LogP contribution in [0.3, 0.4) is 0 Å². The van der Waals surface area contributed by atoms with Crippen molar-refractivity contribution in [3.63, 3.8) is 0 Å². The Labute approximate surface area is 151 Å². The summed E-state index contributed by atoms with van der Waals surface area (Å²) in [5.41, 5.74) is 6.46. The lowest BCUT2D eigenvalue weighted by atomic mass is 10.1. The SMILES string of the molecule is NCc1nc(CN2CC(C(=O)N3CCCCC3)Oc3ccccc32)no1. The Balaban J connectivity index is 1.55. The molecule has 0 spiro atoms. The number of likely N-dealkylation sites (tertiary alicyclic amines) is 1. The average molecular weight is 357 g/mol. The van der Waals surface area contributed by atoms with E-state index >= 15 is 0 Å². The van der Waals surface area contributed by atoms with Gasteiger partial charge < -0.3 is 24.8 Å². The predicted octanol–water partition coefficient (Wildman–Crippen LogP) is 1.31. The van der Waals surface area contributed by atoms with Gasteiger partial charge in [0, 0.05) is 13.1 Å². The van der Waals surface area contributed by atoms with Gasteiger partial charge in [-0.05, 0) is 31.4 Å². The van der Waals surface area contributed by atoms with Crippen LogP contribution in [-0.4, -0.2) is 46.7 Å². The number of nitrogens with two attached hydrogens (primary N) is 1. The summed E-state index contributed by atoms with van der Waals surface area (Å²) in [6.07, 6.45) is 2.78. The average Bonchev–Trinajstić information content (AvgIpc) is 3.15. The number of anilines is 1. The Bertz CT molecular complexity index is 772. The number of amides is 1. The molecule has 1 aromatic carbocycles. The third-order valence-corrected chi connectivity index (χ3v) is 4.82. The second-order valence-electron chi connectivity index (χ2n) is 6.65. The number of benzene rings is 1. The Kier molecular flexibility index (Phi) is 4.75. The highest BCUT2D eigenvalue weighted by Gasteiger charge is 2.34. The maximum Gasteiger partial charge on any atom is 0.265 e. The number of carbonyl (C=O) groups excluding carboxylic acids is 1. The van der Waals surface area contributed by atoms with E-state index in [2.05, 4.69) is 15.0 Å². The van der Waals surface area contributed by atoms with E-state index in [1.807, 2.05) is 29.2 Å². The molecular formula is C18H23N5O3. The predicted molar refractivity (Wildman–Crippen MR) is 94.5 cm³/mol. The summed E-state index contributed by atoms with van der Waals surface area (Å²) in [5, 5.41) is 3.97. The first kappa shape index (κ1) is 16.8. The number of hydrogen-bond donors (Lipinski definition) is 1. The fraction of sp³-hybridized carbons (Fsp3) is 0.500. The summed E-state index contributed by atoms with van der Waals surface area (Å²) >= 11 is 0. The second-order valence-corrected chi connectivity index (χ2v) is 6.65. The van der Waals surface area contributed by atoms with Crippen molar-refractivity contribution in [3.8, 4) is 5.75 Å². The van der Waals surface area contributed by atoms with Crippen molar-refractivity contribution in [1.29, 1.82) is 0 Å². The highest BCUT2D eigenvalue weighted by atomic mass is 16.5. The Hall–Kier alpha value is -2.61. The Morgan fingerprint density at radius 2 is 2.04 bits per heavy atom. The molecule has 138 valence electrons. The van der Waals surface area contributed by atoms with Crippen molar-refractivity contribution in [3.05, 3.63) is 36.0 Å². The van der Waals surface area contributed by atoms with E-state index in [4.69, 9.17) is 15.0 Å². The Morgan fingerprint density at radius 1 is 1.23 bits per heavy atom. The monoisotopic (exact) mass is 357 g/mol. The van der Waals surface area contributed by atoms with Crippen LogP contribution in [0.1, 0.15) is 31.0 Å². The van der Waals surface area contributed by atoms with Crippen LogP contribution in [0.2, 0.25) is 0 Å². The highest BCUT2D eigenvalue weighted by Crippen LogP contribution is 2.34. The van der Waals surface area contributed by atoms with E-state index in [0.717, 1.165) is 31.6 Å². The lowest BCUT2D eigenvalue weighted by Crippen LogP contribution is -2.51. The zero-order valence-electron chi connectivity index (χ0n) is 14.6. The van der Waals surface area contributed by atoms with Crippen molar-refractivity contribution >= 4 is 11.6 Å². The Morgan fingerprint density at radius 3 is 2.81 bits per heavy atom. The van der Waals surface area contributed by atoms with E-state index in [1.165, 1.54) is 6.42 Å². The molecule has 2 aliphatic heterocycles. The number of rotatable bonds is 4. The topological polar surface area (TPSA) is 97.7 Å². The molecule has 1 atom stereocenters. The minimum atomic E-state index is -0.524. The lowest BCUT2D eigenvalue weighted by molar-refractivity contribution is -0.139. The first-order chi connectivity index (χ1) is 12.7. The van der Waals surface area contributed by atoms with Crippen LogP contribution in [-0.2, 0) is 17.9 Å². The molecular weight excluding hydrogens is 334 g/mol. The standard InChI is InChI=1S/C18H23N5O3/c19-10-17-20-16(21-26-17)12-23-11-15(18(24)22-8-4-1-5-9-22)25-14-7-3-2-6-13(14)23/h2-3,6-7,15H,1,4-5,8-12,19H2. The highest BCUT2D eigenvalue weighted by molar-refractivity contribution is 5.83. The molecule has 0 aliphatic carbocycles. The van der Waals surface area contributed by atoms with Crippen LogP contribution in [0.25, 0.3) is 0 Å². The van der Waals surface area contributed by atoms with Crippen LogP contribution in [0.4, 0.5) is 5.69 Å². The number of carbonyl (C=O) groups is 1. The molecule has 1 unspecified atom stereocenters. The molecule has 2 N–H and O–H groups in total. The molecule has 1 amide bonds. The number of aromatic nitrogens is 2. The van der Waals surface area contributed by atoms with Gasteiger partial charge in [0.1, 0.15) is 5.75 Å². The molecule has 0 radical (unpaired) electrons. The summed E-state index contributed by atoms with van der Waals surface area (Å²) in [7, 11) is 0. The van der Waals surface area contributed by atoms with Crippen LogP contribution < -0.4 is 15.4 Å². The minimum Gasteiger partial charge on any atom is -0.477 e. The van der Waals surface area contributed by atoms with Crippen LogP contribution >= 0.6 is 0 Å². The van der Waals surface area contributed by atoms with E-state index in [9.17, 15) is 4.79 Å². The second kappa shape index (κ2) is 7.33. The van der Waals surface area contributed by atoms with Gasteiger partial charge in [-0.3, -0.25) is 4.79 Å². The maximum atomic E-state index is 12.9. The quantitative estimate of drug-likeness (QED) is 0.881. The normalized spacial score (nSPS) is 19.8. The van der Waals surface area contributed by atoms with Crippen molar-refractivity contribution in [2.24, 2.45) is 5.73 Å². The summed E-state index contributed by atoms with van der Waals surface area (Å²) in [6.45, 7) is 2.73. The van der Waals surface area contributed by atoms with Crippen LogP contribution in [0.5, 0.6) is 5.75 Å². The van der Waals surface area contributed by atoms with Gasteiger partial charge in [-0.25, -0.2) is 0 Å². The van der Waals surface area contributed by atoms with Gasteiger partial charge >= 0.3 is 0 Å². The van der Waals surface area contributed by atoms with E-state index < -0.39 is 6.10 Å². The van der Waals surface area contributed by atoms with Gasteiger partial charge in [-0.15, -0.1) is 0 Å². The summed E-state index contributed by atoms with van der Waals surface area (Å²) in [4.78, 5) is 21.2. The fourth-order valence-electron chi connectivity index (χ4n) is 3.51. The first-order valence-electron chi connectivity index (χ1n) is 9.05. The lowest BCUT2D eigenvalue weighted by Gasteiger charge is -2.37. The number of ether oxygens (including phenoxy) is 1. The summed E-state index contributed by atoms with van der Waals surface area (Å²) < 4.78 is 11.1. The fourth-order valence-corrected chi connectivity index (χ4v) is 3.51. The van der Waals surface area contributed by atoms with Gasteiger partial charge in [0.2, 0.25) is 5.89 Å². The largest absolute Gasteiger partial charge is 0.477 e. The van der Waals surface area contributed by atoms with Crippen molar-refractivity contribution in [1.82, 2.24) is 15.0 Å². The molecule has 2 aliphatic rings. The number of nitrogens with zero attached hydrogens (tertiary/aromatic N) is 4. The maximum absolute atomic E-state index is 12.9. The van der Waals surface area contributed by atoms with Gasteiger partial charge in [-0.1, -0.05) is 17.3 Å². The van der Waals surface area contributed by atoms with E-state index in [0.29, 0.717) is 30.6 Å². The van der Waals surface area contributed by atoms with Crippen molar-refractivity contribution in [2.75, 3.05) is 24.5 Å². The molecule has 1 aromatic heterocycles. The summed E-state index contributed by atoms with van der Waals surface area (Å²) in [6, 6.07) is 7.72. The number of hydrogen-bond acceptors (Lipinski definition) is 7. The summed E-state index contributed by atoms with van der Waals surface area (Å²) in [5.74, 6) is 1.71. The molecule has 26 heavy (non-hydrogen) atoms. The van der Waals surface area contributed by atoms with Gasteiger partial charge in [-0.2, -0.15) is 4.98 Å². The number of fused-ring (bicyclic) bond motifs is 1. The van der Waals surface area contributed by atoms with E-state index in [1.54, 1.807) is 0 Å². The van der Waals surface area contributed by atoms with Crippen molar-refractivity contribution < 1.29 is 14.1 Å². The number of para-hydroxylation sites is 2. The first-order valence-corrected chi connectivity index (χ1v) is 9.05. The van der Waals surface area contributed by atoms with E-state index in [-0.39, 0.29) is 12.5 Å². The third kappa shape index (κ3) is 3.37. The molecule has 8 nitrogen and oxygen atoms in total. The minimum absolute atomic E-state index is 0.0555. The molecule has 0 bridgehead atoms. The molecule has 2 aromatic rings. The molecule has 1 saturated heterocycles. The smallest absolute Gasteiger partial charge is 0.265 e.